The molecule has 0 aliphatic rings. The molecule has 1 amide bonds. The molecular formula is C24H18Cl2N4O3. The molecule has 7 nitrogen and oxygen atoms in total. The molecule has 0 aliphatic carbocycles. The lowest BCUT2D eigenvalue weighted by molar-refractivity contribution is -0.137. The van der Waals surface area contributed by atoms with Crippen LogP contribution in [0.5, 0.6) is 0 Å². The summed E-state index contributed by atoms with van der Waals surface area (Å²) in [6.07, 6.45) is 4.71. The molecule has 2 aromatic heterocycles. The lowest BCUT2D eigenvalue weighted by atomic mass is 10.0. The van der Waals surface area contributed by atoms with Gasteiger partial charge >= 0.3 is 5.97 Å². The molecule has 0 saturated heterocycles. The van der Waals surface area contributed by atoms with E-state index in [1.807, 2.05) is 24.3 Å². The monoisotopic (exact) mass is 480 g/mol. The number of carboxylic acids is 1. The molecule has 3 N–H and O–H groups in total. The number of anilines is 2. The maximum Gasteiger partial charge on any atom is 0.326 e. The fourth-order valence-corrected chi connectivity index (χ4v) is 3.77. The maximum absolute atomic E-state index is 12.5. The number of benzene rings is 2. The Morgan fingerprint density at radius 1 is 1.00 bits per heavy atom. The number of hydrogen-bond acceptors (Lipinski definition) is 5. The van der Waals surface area contributed by atoms with Gasteiger partial charge in [0, 0.05) is 41.6 Å². The largest absolute Gasteiger partial charge is 0.480 e. The highest BCUT2D eigenvalue weighted by Gasteiger charge is 2.19. The van der Waals surface area contributed by atoms with Crippen LogP contribution in [0.3, 0.4) is 0 Å². The molecule has 4 aromatic rings. The zero-order valence-corrected chi connectivity index (χ0v) is 18.6. The summed E-state index contributed by atoms with van der Waals surface area (Å²) in [5.74, 6) is -1.38. The van der Waals surface area contributed by atoms with Crippen molar-refractivity contribution in [3.8, 4) is 0 Å². The number of aliphatic carboxylic acids is 1. The van der Waals surface area contributed by atoms with Crippen molar-refractivity contribution in [1.29, 1.82) is 0 Å². The van der Waals surface area contributed by atoms with Crippen molar-refractivity contribution in [2.24, 2.45) is 0 Å². The molecule has 0 aliphatic heterocycles. The average molecular weight is 481 g/mol. The highest BCUT2D eigenvalue weighted by Crippen LogP contribution is 2.29. The number of hydrogen-bond donors (Lipinski definition) is 3. The van der Waals surface area contributed by atoms with Crippen LogP contribution in [0.2, 0.25) is 10.0 Å². The van der Waals surface area contributed by atoms with Crippen LogP contribution in [-0.2, 0) is 11.2 Å². The summed E-state index contributed by atoms with van der Waals surface area (Å²) in [7, 11) is 0. The Hall–Kier alpha value is -3.68. The number of halogens is 2. The fourth-order valence-electron chi connectivity index (χ4n) is 3.31. The molecule has 2 aromatic carbocycles. The van der Waals surface area contributed by atoms with E-state index in [9.17, 15) is 14.7 Å². The van der Waals surface area contributed by atoms with Crippen LogP contribution in [0.4, 0.5) is 11.4 Å². The normalized spacial score (nSPS) is 11.7. The molecule has 1 atom stereocenters. The zero-order chi connectivity index (χ0) is 23.4. The smallest absolute Gasteiger partial charge is 0.326 e. The first kappa shape index (κ1) is 22.5. The summed E-state index contributed by atoms with van der Waals surface area (Å²) >= 11 is 12.1. The molecule has 1 unspecified atom stereocenters. The summed E-state index contributed by atoms with van der Waals surface area (Å²) in [6.45, 7) is 0. The van der Waals surface area contributed by atoms with Crippen LogP contribution in [0.15, 0.2) is 73.2 Å². The van der Waals surface area contributed by atoms with E-state index in [0.29, 0.717) is 11.3 Å². The van der Waals surface area contributed by atoms with Crippen LogP contribution < -0.4 is 10.6 Å². The highest BCUT2D eigenvalue weighted by atomic mass is 35.5. The molecule has 0 fully saturated rings. The van der Waals surface area contributed by atoms with E-state index in [1.165, 1.54) is 12.4 Å². The van der Waals surface area contributed by atoms with Crippen molar-refractivity contribution in [3.05, 3.63) is 94.4 Å². The number of rotatable bonds is 7. The van der Waals surface area contributed by atoms with E-state index < -0.39 is 17.9 Å². The van der Waals surface area contributed by atoms with E-state index in [-0.39, 0.29) is 22.2 Å². The number of carboxylic acid groups (broad SMARTS) is 1. The Morgan fingerprint density at radius 3 is 2.42 bits per heavy atom. The van der Waals surface area contributed by atoms with Gasteiger partial charge in [0.1, 0.15) is 6.04 Å². The number of carbonyl (C=O) groups is 2. The Balaban J connectivity index is 1.45. The van der Waals surface area contributed by atoms with Crippen LogP contribution >= 0.6 is 23.2 Å². The molecule has 33 heavy (non-hydrogen) atoms. The van der Waals surface area contributed by atoms with E-state index in [2.05, 4.69) is 20.6 Å². The second-order valence-corrected chi connectivity index (χ2v) is 8.09. The predicted molar refractivity (Wildman–Crippen MR) is 129 cm³/mol. The first-order chi connectivity index (χ1) is 15.9. The molecule has 2 heterocycles. The topological polar surface area (TPSA) is 104 Å². The minimum atomic E-state index is -0.981. The van der Waals surface area contributed by atoms with Crippen LogP contribution in [0, 0.1) is 0 Å². The van der Waals surface area contributed by atoms with Gasteiger partial charge in [0.15, 0.2) is 0 Å². The van der Waals surface area contributed by atoms with Gasteiger partial charge in [-0.1, -0.05) is 41.4 Å². The molecule has 9 heteroatoms. The van der Waals surface area contributed by atoms with E-state index in [4.69, 9.17) is 23.2 Å². The maximum atomic E-state index is 12.5. The molecule has 4 rings (SSSR count). The first-order valence-electron chi connectivity index (χ1n) is 9.94. The number of nitrogens with zero attached hydrogens (tertiary/aromatic N) is 2. The number of fused-ring (bicyclic) bond motifs is 1. The quantitative estimate of drug-likeness (QED) is 0.331. The Labute approximate surface area is 199 Å². The minimum Gasteiger partial charge on any atom is -0.480 e. The molecule has 0 spiro atoms. The van der Waals surface area contributed by atoms with Crippen LogP contribution in [-0.4, -0.2) is 33.0 Å². The van der Waals surface area contributed by atoms with Crippen molar-refractivity contribution in [3.63, 3.8) is 0 Å². The van der Waals surface area contributed by atoms with Gasteiger partial charge in [0.25, 0.3) is 5.91 Å². The number of carbonyl (C=O) groups excluding carboxylic acids is 1. The average Bonchev–Trinajstić information content (AvgIpc) is 2.81. The molecule has 0 saturated carbocycles. The van der Waals surface area contributed by atoms with Gasteiger partial charge in [-0.25, -0.2) is 4.79 Å². The fraction of sp³-hybridized carbons (Fsp3) is 0.0833. The van der Waals surface area contributed by atoms with Gasteiger partial charge in [-0.15, -0.1) is 0 Å². The van der Waals surface area contributed by atoms with Crippen LogP contribution in [0.1, 0.15) is 15.9 Å². The Morgan fingerprint density at radius 2 is 1.73 bits per heavy atom. The van der Waals surface area contributed by atoms with Crippen LogP contribution in [0.25, 0.3) is 10.9 Å². The van der Waals surface area contributed by atoms with E-state index in [0.717, 1.165) is 16.5 Å². The zero-order valence-electron chi connectivity index (χ0n) is 17.1. The van der Waals surface area contributed by atoms with Gasteiger partial charge in [-0.05, 0) is 42.0 Å². The number of nitrogens with one attached hydrogen (secondary N) is 2. The van der Waals surface area contributed by atoms with Gasteiger partial charge in [-0.3, -0.25) is 14.8 Å². The Kier molecular flexibility index (Phi) is 6.72. The highest BCUT2D eigenvalue weighted by molar-refractivity contribution is 6.39. The second kappa shape index (κ2) is 9.85. The lowest BCUT2D eigenvalue weighted by Gasteiger charge is -2.16. The molecule has 166 valence electrons. The summed E-state index contributed by atoms with van der Waals surface area (Å²) in [5.41, 5.74) is 2.93. The molecule has 0 bridgehead atoms. The third-order valence-electron chi connectivity index (χ3n) is 4.99. The third-order valence-corrected chi connectivity index (χ3v) is 5.56. The second-order valence-electron chi connectivity index (χ2n) is 7.28. The third kappa shape index (κ3) is 5.39. The van der Waals surface area contributed by atoms with Crippen molar-refractivity contribution in [1.82, 2.24) is 9.97 Å². The summed E-state index contributed by atoms with van der Waals surface area (Å²) in [6, 6.07) is 15.1. The number of aromatic nitrogens is 2. The van der Waals surface area contributed by atoms with Crippen molar-refractivity contribution in [2.75, 3.05) is 10.6 Å². The SMILES string of the molecule is O=C(Nc1c(Cl)cncc1Cl)c1ccc(CC(Nc2ccc3ncccc3c2)C(=O)O)cc1. The summed E-state index contributed by atoms with van der Waals surface area (Å²) in [5, 5.41) is 16.8. The van der Waals surface area contributed by atoms with E-state index in [1.54, 1.807) is 36.5 Å². The summed E-state index contributed by atoms with van der Waals surface area (Å²) < 4.78 is 0. The number of pyridine rings is 2. The first-order valence-corrected chi connectivity index (χ1v) is 10.7. The van der Waals surface area contributed by atoms with Gasteiger partial charge in [0.05, 0.1) is 21.2 Å². The van der Waals surface area contributed by atoms with Gasteiger partial charge in [-0.2, -0.15) is 0 Å². The van der Waals surface area contributed by atoms with Crippen molar-refractivity contribution < 1.29 is 14.7 Å². The van der Waals surface area contributed by atoms with Crippen molar-refractivity contribution >= 4 is 57.4 Å². The van der Waals surface area contributed by atoms with Gasteiger partial charge < -0.3 is 15.7 Å². The Bertz CT molecular complexity index is 1310. The molecular weight excluding hydrogens is 463 g/mol. The van der Waals surface area contributed by atoms with E-state index >= 15 is 0 Å². The standard InChI is InChI=1S/C24H18Cl2N4O3/c25-18-12-27-13-19(26)22(18)30-23(31)15-5-3-14(4-6-15)10-21(24(32)33)29-17-7-8-20-16(11-17)2-1-9-28-20/h1-9,11-13,21,29H,10H2,(H,32,33)(H,27,30,31). The van der Waals surface area contributed by atoms with Gasteiger partial charge in [0.2, 0.25) is 0 Å². The lowest BCUT2D eigenvalue weighted by Crippen LogP contribution is -2.31. The van der Waals surface area contributed by atoms with Crippen molar-refractivity contribution in [2.45, 2.75) is 12.5 Å². The number of amides is 1. The molecule has 0 radical (unpaired) electrons. The predicted octanol–water partition coefficient (Wildman–Crippen LogP) is 5.30. The minimum absolute atomic E-state index is 0.227. The summed E-state index contributed by atoms with van der Waals surface area (Å²) in [4.78, 5) is 32.5.